The predicted octanol–water partition coefficient (Wildman–Crippen LogP) is 5.04. The first-order chi connectivity index (χ1) is 17.3. The highest BCUT2D eigenvalue weighted by molar-refractivity contribution is 6.10. The van der Waals surface area contributed by atoms with Crippen LogP contribution in [0, 0.1) is 18.6 Å². The first kappa shape index (κ1) is 25.6. The number of aromatic nitrogens is 3. The van der Waals surface area contributed by atoms with Crippen molar-refractivity contribution in [1.82, 2.24) is 14.8 Å². The molecular formula is C25H25F2N5O5. The molecule has 10 nitrogen and oxygen atoms in total. The summed E-state index contributed by atoms with van der Waals surface area (Å²) in [6.45, 7) is 6.49. The summed E-state index contributed by atoms with van der Waals surface area (Å²) in [4.78, 5) is 31.5. The lowest BCUT2D eigenvalue weighted by molar-refractivity contribution is 0.0597. The summed E-state index contributed by atoms with van der Waals surface area (Å²) in [6.07, 6.45) is 1.99. The number of aryl methyl sites for hydroxylation is 2. The van der Waals surface area contributed by atoms with Gasteiger partial charge >= 0.3 is 6.09 Å². The average molecular weight is 514 g/mol. The molecule has 3 heterocycles. The highest BCUT2D eigenvalue weighted by Gasteiger charge is 2.31. The van der Waals surface area contributed by atoms with E-state index < -0.39 is 34.7 Å². The molecule has 12 heteroatoms. The Kier molecular flexibility index (Phi) is 6.36. The Balaban J connectivity index is 1.80. The number of carbonyl (C=O) groups is 2. The average Bonchev–Trinajstić information content (AvgIpc) is 3.37. The monoisotopic (exact) mass is 513 g/mol. The van der Waals surface area contributed by atoms with Crippen molar-refractivity contribution in [2.24, 2.45) is 7.05 Å². The van der Waals surface area contributed by atoms with Crippen LogP contribution in [0.15, 0.2) is 35.0 Å². The molecule has 0 spiro atoms. The molecule has 0 atom stereocenters. The van der Waals surface area contributed by atoms with Crippen LogP contribution in [0.5, 0.6) is 5.75 Å². The molecule has 37 heavy (non-hydrogen) atoms. The van der Waals surface area contributed by atoms with E-state index in [-0.39, 0.29) is 40.0 Å². The van der Waals surface area contributed by atoms with Crippen LogP contribution in [-0.4, -0.2) is 39.4 Å². The van der Waals surface area contributed by atoms with Crippen LogP contribution < -0.4 is 15.4 Å². The van der Waals surface area contributed by atoms with Gasteiger partial charge in [-0.2, -0.15) is 5.10 Å². The molecule has 3 aromatic heterocycles. The van der Waals surface area contributed by atoms with Gasteiger partial charge < -0.3 is 19.6 Å². The zero-order chi connectivity index (χ0) is 27.2. The van der Waals surface area contributed by atoms with Gasteiger partial charge in [-0.1, -0.05) is 0 Å². The standard InChI is InChI=1S/C25H25F2N5O5/c1-12-7-15(35-6)21(27)19(20(12)26)22(33)16-8-13-9-18(29-10-17(13)36-16)32(24(34)37-25(2,3)4)23-14(28)11-31(5)30-23/h7-11H,28H2,1-6H3. The van der Waals surface area contributed by atoms with Gasteiger partial charge in [0.05, 0.1) is 19.0 Å². The molecule has 194 valence electrons. The maximum atomic E-state index is 14.8. The third-order valence-corrected chi connectivity index (χ3v) is 5.26. The predicted molar refractivity (Wildman–Crippen MR) is 131 cm³/mol. The number of hydrogen-bond donors (Lipinski definition) is 1. The van der Waals surface area contributed by atoms with Crippen LogP contribution in [0.1, 0.15) is 42.5 Å². The van der Waals surface area contributed by atoms with Crippen LogP contribution >= 0.6 is 0 Å². The molecule has 0 bridgehead atoms. The highest BCUT2D eigenvalue weighted by Crippen LogP contribution is 2.33. The summed E-state index contributed by atoms with van der Waals surface area (Å²) < 4.78 is 47.0. The van der Waals surface area contributed by atoms with Crippen molar-refractivity contribution in [3.8, 4) is 5.75 Å². The van der Waals surface area contributed by atoms with Crippen molar-refractivity contribution in [2.75, 3.05) is 17.7 Å². The van der Waals surface area contributed by atoms with Gasteiger partial charge in [0.1, 0.15) is 22.8 Å². The number of nitrogen functional groups attached to an aromatic ring is 1. The Morgan fingerprint density at radius 1 is 1.16 bits per heavy atom. The van der Waals surface area contributed by atoms with Gasteiger partial charge in [-0.3, -0.25) is 9.48 Å². The number of carbonyl (C=O) groups excluding carboxylic acids is 2. The van der Waals surface area contributed by atoms with Crippen LogP contribution in [0.3, 0.4) is 0 Å². The molecule has 0 aliphatic carbocycles. The van der Waals surface area contributed by atoms with E-state index in [4.69, 9.17) is 19.6 Å². The maximum Gasteiger partial charge on any atom is 0.422 e. The zero-order valence-corrected chi connectivity index (χ0v) is 21.1. The summed E-state index contributed by atoms with van der Waals surface area (Å²) in [6, 6.07) is 3.90. The zero-order valence-electron chi connectivity index (χ0n) is 21.1. The molecule has 0 unspecified atom stereocenters. The van der Waals surface area contributed by atoms with Gasteiger partial charge in [-0.15, -0.1) is 0 Å². The molecule has 4 aromatic rings. The molecule has 0 radical (unpaired) electrons. The maximum absolute atomic E-state index is 14.8. The number of ether oxygens (including phenoxy) is 2. The normalized spacial score (nSPS) is 11.6. The van der Waals surface area contributed by atoms with Gasteiger partial charge in [0.2, 0.25) is 5.78 Å². The smallest absolute Gasteiger partial charge is 0.422 e. The van der Waals surface area contributed by atoms with Crippen molar-refractivity contribution < 1.29 is 32.3 Å². The number of fused-ring (bicyclic) bond motifs is 1. The second-order valence-electron chi connectivity index (χ2n) is 9.32. The first-order valence-corrected chi connectivity index (χ1v) is 11.1. The SMILES string of the molecule is COc1cc(C)c(F)c(C(=O)c2cc3cc(N(C(=O)OC(C)(C)C)c4nn(C)cc4N)ncc3o2)c1F. The Bertz CT molecular complexity index is 1540. The van der Waals surface area contributed by atoms with E-state index in [9.17, 15) is 18.4 Å². The number of ketones is 1. The quantitative estimate of drug-likeness (QED) is 0.368. The van der Waals surface area contributed by atoms with Crippen molar-refractivity contribution in [1.29, 1.82) is 0 Å². The van der Waals surface area contributed by atoms with Crippen LogP contribution in [0.25, 0.3) is 11.0 Å². The van der Waals surface area contributed by atoms with Crippen LogP contribution in [0.4, 0.5) is 30.9 Å². The number of hydrogen-bond acceptors (Lipinski definition) is 8. The van der Waals surface area contributed by atoms with E-state index in [2.05, 4.69) is 10.1 Å². The number of rotatable bonds is 5. The molecule has 2 N–H and O–H groups in total. The Hall–Kier alpha value is -4.48. The Morgan fingerprint density at radius 3 is 2.46 bits per heavy atom. The van der Waals surface area contributed by atoms with Crippen molar-refractivity contribution in [3.63, 3.8) is 0 Å². The van der Waals surface area contributed by atoms with Gasteiger partial charge in [-0.25, -0.2) is 23.5 Å². The molecule has 1 aromatic carbocycles. The van der Waals surface area contributed by atoms with Crippen molar-refractivity contribution in [2.45, 2.75) is 33.3 Å². The molecule has 1 amide bonds. The number of nitrogens with two attached hydrogens (primary N) is 1. The number of amides is 1. The third kappa shape index (κ3) is 4.82. The Morgan fingerprint density at radius 2 is 1.86 bits per heavy atom. The van der Waals surface area contributed by atoms with Crippen molar-refractivity contribution in [3.05, 3.63) is 59.1 Å². The van der Waals surface area contributed by atoms with Gasteiger partial charge in [0.25, 0.3) is 0 Å². The lowest BCUT2D eigenvalue weighted by Gasteiger charge is -2.25. The fourth-order valence-electron chi connectivity index (χ4n) is 3.64. The third-order valence-electron chi connectivity index (χ3n) is 5.26. The number of halogens is 2. The minimum absolute atomic E-state index is 0.0302. The van der Waals surface area contributed by atoms with Crippen LogP contribution in [0.2, 0.25) is 0 Å². The van der Waals surface area contributed by atoms with E-state index in [1.54, 1.807) is 27.8 Å². The number of pyridine rings is 1. The minimum atomic E-state index is -1.14. The molecule has 0 aliphatic rings. The lowest BCUT2D eigenvalue weighted by atomic mass is 10.0. The molecule has 4 rings (SSSR count). The highest BCUT2D eigenvalue weighted by atomic mass is 19.1. The summed E-state index contributed by atoms with van der Waals surface area (Å²) >= 11 is 0. The summed E-state index contributed by atoms with van der Waals surface area (Å²) in [5.41, 5.74) is 4.79. The molecule has 0 aliphatic heterocycles. The number of anilines is 3. The lowest BCUT2D eigenvalue weighted by Crippen LogP contribution is -2.35. The fraction of sp³-hybridized carbons (Fsp3) is 0.280. The second-order valence-corrected chi connectivity index (χ2v) is 9.32. The largest absolute Gasteiger partial charge is 0.494 e. The molecular weight excluding hydrogens is 488 g/mol. The number of methoxy groups -OCH3 is 1. The Labute approximate surface area is 210 Å². The number of benzene rings is 1. The van der Waals surface area contributed by atoms with E-state index in [0.717, 1.165) is 11.0 Å². The van der Waals surface area contributed by atoms with Gasteiger partial charge in [0, 0.05) is 18.6 Å². The summed E-state index contributed by atoms with van der Waals surface area (Å²) in [5.74, 6) is -3.64. The van der Waals surface area contributed by atoms with E-state index in [1.807, 2.05) is 0 Å². The molecule has 0 saturated heterocycles. The van der Waals surface area contributed by atoms with E-state index >= 15 is 0 Å². The molecule has 0 fully saturated rings. The fourth-order valence-corrected chi connectivity index (χ4v) is 3.64. The molecule has 0 saturated carbocycles. The summed E-state index contributed by atoms with van der Waals surface area (Å²) in [5, 5.41) is 4.57. The van der Waals surface area contributed by atoms with E-state index in [0.29, 0.717) is 5.39 Å². The first-order valence-electron chi connectivity index (χ1n) is 11.1. The number of nitrogens with zero attached hydrogens (tertiary/aromatic N) is 4. The topological polar surface area (TPSA) is 126 Å². The van der Waals surface area contributed by atoms with E-state index in [1.165, 1.54) is 43.2 Å². The van der Waals surface area contributed by atoms with Crippen molar-refractivity contribution >= 4 is 40.2 Å². The van der Waals surface area contributed by atoms with Gasteiger partial charge in [-0.05, 0) is 51.5 Å². The number of furan rings is 1. The second kappa shape index (κ2) is 9.19. The van der Waals surface area contributed by atoms with Gasteiger partial charge in [0.15, 0.2) is 28.7 Å². The minimum Gasteiger partial charge on any atom is -0.494 e. The van der Waals surface area contributed by atoms with Crippen LogP contribution in [-0.2, 0) is 11.8 Å². The summed E-state index contributed by atoms with van der Waals surface area (Å²) in [7, 11) is 2.85.